The van der Waals surface area contributed by atoms with Crippen LogP contribution in [0.15, 0.2) is 9.98 Å². The Hall–Kier alpha value is -1.68. The zero-order chi connectivity index (χ0) is 29.3. The van der Waals surface area contributed by atoms with Gasteiger partial charge in [0, 0.05) is 42.1 Å². The lowest BCUT2D eigenvalue weighted by Crippen LogP contribution is -2.42. The van der Waals surface area contributed by atoms with Crippen molar-refractivity contribution < 1.29 is 14.3 Å². The second-order valence-electron chi connectivity index (χ2n) is 12.8. The summed E-state index contributed by atoms with van der Waals surface area (Å²) in [6, 6.07) is -0.842. The van der Waals surface area contributed by atoms with E-state index in [1.54, 1.807) is 0 Å². The Morgan fingerprint density at radius 3 is 1.49 bits per heavy atom. The molecule has 4 atom stereocenters. The second kappa shape index (κ2) is 15.4. The molecule has 0 aromatic carbocycles. The van der Waals surface area contributed by atoms with Crippen LogP contribution in [0.2, 0.25) is 19.6 Å². The Kier molecular flexibility index (Phi) is 13.2. The summed E-state index contributed by atoms with van der Waals surface area (Å²) in [4.78, 5) is 33.8. The van der Waals surface area contributed by atoms with E-state index >= 15 is 0 Å². The van der Waals surface area contributed by atoms with Crippen LogP contribution in [0.4, 0.5) is 0 Å². The maximum Gasteiger partial charge on any atom is 0.213 e. The van der Waals surface area contributed by atoms with Gasteiger partial charge in [-0.15, -0.1) is 0 Å². The first-order valence-corrected chi connectivity index (χ1v) is 18.8. The molecule has 2 aliphatic rings. The molecule has 2 saturated carbocycles. The first-order chi connectivity index (χ1) is 18.3. The monoisotopic (exact) mass is 566 g/mol. The standard InChI is InChI=1S/C29H54N4O5Si/c1-9-21-16-25(32(34)35)17-22(10-2)28(21)30-20(5)27(14-13-15-38-39(6,7)8)31-29-23(11-3)18-26(33(36)37)19-24(29)12-4/h21-26,28-29H,9-19H2,1-8H3. The van der Waals surface area contributed by atoms with E-state index in [-0.39, 0.29) is 45.6 Å². The van der Waals surface area contributed by atoms with Crippen molar-refractivity contribution in [2.75, 3.05) is 6.61 Å². The Balaban J connectivity index is 2.42. The molecule has 0 aliphatic heterocycles. The topological polar surface area (TPSA) is 120 Å². The molecule has 39 heavy (non-hydrogen) atoms. The highest BCUT2D eigenvalue weighted by atomic mass is 28.4. The van der Waals surface area contributed by atoms with Crippen molar-refractivity contribution in [2.45, 2.75) is 143 Å². The van der Waals surface area contributed by atoms with Crippen LogP contribution in [0, 0.1) is 43.9 Å². The van der Waals surface area contributed by atoms with Crippen molar-refractivity contribution in [3.05, 3.63) is 20.2 Å². The first kappa shape index (κ1) is 33.5. The molecule has 10 heteroatoms. The molecule has 0 saturated heterocycles. The maximum atomic E-state index is 11.7. The van der Waals surface area contributed by atoms with Gasteiger partial charge in [0.25, 0.3) is 0 Å². The molecule has 9 nitrogen and oxygen atoms in total. The molecule has 0 spiro atoms. The average Bonchev–Trinajstić information content (AvgIpc) is 2.88. The molecule has 0 N–H and O–H groups in total. The highest BCUT2D eigenvalue weighted by molar-refractivity contribution is 6.69. The third-order valence-electron chi connectivity index (χ3n) is 9.08. The molecular formula is C29H54N4O5Si. The van der Waals surface area contributed by atoms with Gasteiger partial charge in [-0.1, -0.05) is 53.4 Å². The Bertz CT molecular complexity index is 846. The largest absolute Gasteiger partial charge is 0.418 e. The molecule has 2 rings (SSSR count). The fraction of sp³-hybridized carbons (Fsp3) is 0.931. The number of hydrogen-bond acceptors (Lipinski definition) is 7. The van der Waals surface area contributed by atoms with Gasteiger partial charge in [-0.25, -0.2) is 0 Å². The van der Waals surface area contributed by atoms with Crippen molar-refractivity contribution in [3.63, 3.8) is 0 Å². The minimum atomic E-state index is -1.62. The lowest BCUT2D eigenvalue weighted by molar-refractivity contribution is -0.530. The number of hydrogen-bond donors (Lipinski definition) is 0. The number of nitro groups is 2. The van der Waals surface area contributed by atoms with E-state index in [4.69, 9.17) is 14.4 Å². The predicted molar refractivity (Wildman–Crippen MR) is 162 cm³/mol. The molecule has 224 valence electrons. The van der Waals surface area contributed by atoms with Crippen molar-refractivity contribution >= 4 is 19.7 Å². The van der Waals surface area contributed by atoms with Crippen LogP contribution in [-0.4, -0.2) is 60.4 Å². The molecule has 4 unspecified atom stereocenters. The summed E-state index contributed by atoms with van der Waals surface area (Å²) in [6.45, 7) is 17.8. The van der Waals surface area contributed by atoms with Gasteiger partial charge in [0.05, 0.1) is 23.5 Å². The van der Waals surface area contributed by atoms with Crippen LogP contribution >= 0.6 is 0 Å². The Labute approximate surface area is 237 Å². The second-order valence-corrected chi connectivity index (χ2v) is 17.3. The smallest absolute Gasteiger partial charge is 0.213 e. The van der Waals surface area contributed by atoms with Gasteiger partial charge in [-0.05, 0) is 63.1 Å². The van der Waals surface area contributed by atoms with Crippen LogP contribution < -0.4 is 0 Å². The molecule has 0 bridgehead atoms. The van der Waals surface area contributed by atoms with Crippen molar-refractivity contribution in [2.24, 2.45) is 33.7 Å². The molecule has 0 heterocycles. The Morgan fingerprint density at radius 2 is 1.15 bits per heavy atom. The summed E-state index contributed by atoms with van der Waals surface area (Å²) in [5.41, 5.74) is 1.93. The summed E-state index contributed by atoms with van der Waals surface area (Å²) < 4.78 is 6.13. The van der Waals surface area contributed by atoms with Crippen LogP contribution in [0.3, 0.4) is 0 Å². The number of aliphatic imine (C=N–C) groups is 2. The van der Waals surface area contributed by atoms with E-state index in [1.807, 2.05) is 0 Å². The van der Waals surface area contributed by atoms with Crippen LogP contribution in [0.5, 0.6) is 0 Å². The van der Waals surface area contributed by atoms with Gasteiger partial charge in [0.2, 0.25) is 12.1 Å². The first-order valence-electron chi connectivity index (χ1n) is 15.4. The van der Waals surface area contributed by atoms with Crippen molar-refractivity contribution in [3.8, 4) is 0 Å². The summed E-state index contributed by atoms with van der Waals surface area (Å²) >= 11 is 0. The SMILES string of the molecule is CCC1CC([N+](=O)[O-])CC(CC)C1N=C(C)C(CCCO[Si](C)(C)C)=NC1C(CC)CC([N+](=O)[O-])CC1CC. The van der Waals surface area contributed by atoms with Crippen molar-refractivity contribution in [1.29, 1.82) is 0 Å². The third kappa shape index (κ3) is 9.72. The van der Waals surface area contributed by atoms with Gasteiger partial charge in [0.1, 0.15) is 0 Å². The van der Waals surface area contributed by atoms with E-state index in [0.29, 0.717) is 32.3 Å². The number of nitrogens with zero attached hydrogens (tertiary/aromatic N) is 4. The molecule has 0 aromatic rings. The zero-order valence-corrected chi connectivity index (χ0v) is 26.7. The van der Waals surface area contributed by atoms with Gasteiger partial charge in [-0.3, -0.25) is 30.2 Å². The molecule has 0 aromatic heterocycles. The van der Waals surface area contributed by atoms with E-state index in [9.17, 15) is 20.2 Å². The lowest BCUT2D eigenvalue weighted by Gasteiger charge is -2.37. The molecular weight excluding hydrogens is 512 g/mol. The van der Waals surface area contributed by atoms with E-state index in [1.165, 1.54) is 0 Å². The number of rotatable bonds is 14. The fourth-order valence-electron chi connectivity index (χ4n) is 6.75. The van der Waals surface area contributed by atoms with Gasteiger partial charge >= 0.3 is 0 Å². The average molecular weight is 567 g/mol. The van der Waals surface area contributed by atoms with Gasteiger partial charge < -0.3 is 4.43 Å². The summed E-state index contributed by atoms with van der Waals surface area (Å²) in [7, 11) is -1.62. The van der Waals surface area contributed by atoms with Crippen LogP contribution in [-0.2, 0) is 4.43 Å². The Morgan fingerprint density at radius 1 is 0.769 bits per heavy atom. The van der Waals surface area contributed by atoms with E-state index in [0.717, 1.165) is 49.9 Å². The highest BCUT2D eigenvalue weighted by Gasteiger charge is 2.42. The molecule has 2 fully saturated rings. The predicted octanol–water partition coefficient (Wildman–Crippen LogP) is 7.24. The van der Waals surface area contributed by atoms with Gasteiger partial charge in [0.15, 0.2) is 8.32 Å². The zero-order valence-electron chi connectivity index (χ0n) is 25.7. The van der Waals surface area contributed by atoms with Crippen LogP contribution in [0.1, 0.15) is 98.8 Å². The summed E-state index contributed by atoms with van der Waals surface area (Å²) in [5.74, 6) is 0.741. The van der Waals surface area contributed by atoms with Crippen LogP contribution in [0.25, 0.3) is 0 Å². The third-order valence-corrected chi connectivity index (χ3v) is 10.2. The van der Waals surface area contributed by atoms with E-state index in [2.05, 4.69) is 54.3 Å². The quantitative estimate of drug-likeness (QED) is 0.0721. The summed E-state index contributed by atoms with van der Waals surface area (Å²) in [6.07, 6.45) is 7.44. The normalized spacial score (nSPS) is 32.7. The minimum Gasteiger partial charge on any atom is -0.418 e. The molecule has 0 radical (unpaired) electrons. The molecule has 0 amide bonds. The fourth-order valence-corrected chi connectivity index (χ4v) is 7.51. The van der Waals surface area contributed by atoms with Crippen molar-refractivity contribution in [1.82, 2.24) is 0 Å². The van der Waals surface area contributed by atoms with E-state index < -0.39 is 20.4 Å². The minimum absolute atomic E-state index is 0.0587. The molecule has 2 aliphatic carbocycles. The highest BCUT2D eigenvalue weighted by Crippen LogP contribution is 2.39. The lowest BCUT2D eigenvalue weighted by atomic mass is 9.72. The maximum absolute atomic E-state index is 11.7. The van der Waals surface area contributed by atoms with Gasteiger partial charge in [-0.2, -0.15) is 0 Å². The summed E-state index contributed by atoms with van der Waals surface area (Å²) in [5, 5.41) is 23.3.